The molecule has 4 aliphatic carbocycles. The van der Waals surface area contributed by atoms with Gasteiger partial charge in [-0.2, -0.15) is 5.10 Å². The summed E-state index contributed by atoms with van der Waals surface area (Å²) in [5.74, 6) is 1.95. The molecule has 2 unspecified atom stereocenters. The molecule has 2 aromatic heterocycles. The lowest BCUT2D eigenvalue weighted by molar-refractivity contribution is -0.150. The second kappa shape index (κ2) is 8.12. The van der Waals surface area contributed by atoms with Crippen LogP contribution < -0.4 is 10.1 Å². The van der Waals surface area contributed by atoms with E-state index in [9.17, 15) is 4.79 Å². The van der Waals surface area contributed by atoms with Crippen LogP contribution in [0.2, 0.25) is 5.28 Å². The second-order valence-electron chi connectivity index (χ2n) is 10.4. The Morgan fingerprint density at radius 1 is 1.21 bits per heavy atom. The number of rotatable bonds is 7. The van der Waals surface area contributed by atoms with Crippen LogP contribution in [0.5, 0.6) is 5.75 Å². The Balaban J connectivity index is 1.14. The Morgan fingerprint density at radius 3 is 2.65 bits per heavy atom. The maximum atomic E-state index is 13.6. The monoisotopic (exact) mass is 480 g/mol. The summed E-state index contributed by atoms with van der Waals surface area (Å²) in [6, 6.07) is 8.07. The molecule has 2 atom stereocenters. The maximum Gasteiger partial charge on any atom is 0.242 e. The van der Waals surface area contributed by atoms with Gasteiger partial charge in [0.2, 0.25) is 11.2 Å². The molecule has 0 spiro atoms. The molecule has 3 aromatic rings. The molecule has 4 bridgehead atoms. The van der Waals surface area contributed by atoms with Gasteiger partial charge in [-0.05, 0) is 86.1 Å². The number of hydrogen-bond donors (Lipinski definition) is 1. The first kappa shape index (κ1) is 21.6. The highest BCUT2D eigenvalue weighted by Gasteiger charge is 2.61. The zero-order valence-corrected chi connectivity index (χ0v) is 20.0. The molecular weight excluding hydrogens is 452 g/mol. The van der Waals surface area contributed by atoms with E-state index in [0.717, 1.165) is 44.3 Å². The standard InChI is InChI=1S/C25H29ClN6O2/c1-2-17-3-5-21(6-4-17)34-16-31-13-20(12-28-31)29-22(33)24-8-18-7-19(9-24)11-25(10-18,14-24)32-15-27-23(26)30-32/h3-6,12-13,15,18-19H,2,7-11,14,16H2,1H3,(H,29,33). The zero-order valence-electron chi connectivity index (χ0n) is 19.3. The quantitative estimate of drug-likeness (QED) is 0.531. The van der Waals surface area contributed by atoms with Crippen molar-refractivity contribution < 1.29 is 9.53 Å². The van der Waals surface area contributed by atoms with Gasteiger partial charge in [-0.25, -0.2) is 14.3 Å². The molecule has 1 N–H and O–H groups in total. The van der Waals surface area contributed by atoms with Gasteiger partial charge in [-0.1, -0.05) is 19.1 Å². The van der Waals surface area contributed by atoms with Crippen molar-refractivity contribution in [3.63, 3.8) is 0 Å². The molecule has 4 aliphatic rings. The summed E-state index contributed by atoms with van der Waals surface area (Å²) < 4.78 is 9.47. The predicted octanol–water partition coefficient (Wildman–Crippen LogP) is 4.66. The molecule has 2 heterocycles. The predicted molar refractivity (Wildman–Crippen MR) is 127 cm³/mol. The Morgan fingerprint density at radius 2 is 1.97 bits per heavy atom. The number of nitrogens with zero attached hydrogens (tertiary/aromatic N) is 5. The average Bonchev–Trinajstić information content (AvgIpc) is 3.46. The number of carbonyl (C=O) groups is 1. The van der Waals surface area contributed by atoms with Crippen molar-refractivity contribution in [1.82, 2.24) is 24.5 Å². The summed E-state index contributed by atoms with van der Waals surface area (Å²) >= 11 is 6.04. The lowest BCUT2D eigenvalue weighted by Crippen LogP contribution is -2.60. The van der Waals surface area contributed by atoms with Crippen LogP contribution in [0.1, 0.15) is 51.0 Å². The summed E-state index contributed by atoms with van der Waals surface area (Å²) in [5, 5.41) is 12.2. The molecule has 4 fully saturated rings. The summed E-state index contributed by atoms with van der Waals surface area (Å²) in [4.78, 5) is 17.8. The molecule has 0 radical (unpaired) electrons. The summed E-state index contributed by atoms with van der Waals surface area (Å²) in [5.41, 5.74) is 1.42. The number of anilines is 1. The third kappa shape index (κ3) is 3.78. The fourth-order valence-electron chi connectivity index (χ4n) is 6.94. The van der Waals surface area contributed by atoms with Crippen molar-refractivity contribution in [2.45, 2.75) is 64.1 Å². The third-order valence-corrected chi connectivity index (χ3v) is 8.22. The summed E-state index contributed by atoms with van der Waals surface area (Å²) in [7, 11) is 0. The number of benzene rings is 1. The van der Waals surface area contributed by atoms with E-state index in [0.29, 0.717) is 17.5 Å². The van der Waals surface area contributed by atoms with E-state index in [2.05, 4.69) is 39.6 Å². The van der Waals surface area contributed by atoms with Crippen LogP contribution in [0.15, 0.2) is 43.0 Å². The third-order valence-electron chi connectivity index (χ3n) is 8.05. The van der Waals surface area contributed by atoms with Gasteiger partial charge in [0.1, 0.15) is 12.1 Å². The SMILES string of the molecule is CCc1ccc(OCn2cc(NC(=O)C34CC5CC(C3)CC(n3cnc(Cl)n3)(C5)C4)cn2)cc1. The lowest BCUT2D eigenvalue weighted by Gasteiger charge is -2.60. The van der Waals surface area contributed by atoms with Crippen molar-refractivity contribution in [3.05, 3.63) is 53.8 Å². The van der Waals surface area contributed by atoms with Crippen LogP contribution in [0, 0.1) is 17.3 Å². The number of carbonyl (C=O) groups excluding carboxylic acids is 1. The first-order valence-corrected chi connectivity index (χ1v) is 12.5. The number of amides is 1. The van der Waals surface area contributed by atoms with Crippen LogP contribution in [-0.2, 0) is 23.5 Å². The Labute approximate surface area is 203 Å². The van der Waals surface area contributed by atoms with Crippen molar-refractivity contribution in [3.8, 4) is 5.75 Å². The number of nitrogens with one attached hydrogen (secondary N) is 1. The molecule has 4 saturated carbocycles. The molecule has 1 amide bonds. The molecule has 7 rings (SSSR count). The largest absolute Gasteiger partial charge is 0.471 e. The maximum absolute atomic E-state index is 13.6. The second-order valence-corrected chi connectivity index (χ2v) is 10.8. The van der Waals surface area contributed by atoms with Gasteiger partial charge in [0.15, 0.2) is 6.73 Å². The van der Waals surface area contributed by atoms with Crippen molar-refractivity contribution >= 4 is 23.2 Å². The number of ether oxygens (including phenoxy) is 1. The van der Waals surface area contributed by atoms with Gasteiger partial charge in [-0.15, -0.1) is 5.10 Å². The Bertz CT molecular complexity index is 1190. The van der Waals surface area contributed by atoms with Crippen LogP contribution in [-0.4, -0.2) is 30.5 Å². The van der Waals surface area contributed by atoms with Crippen molar-refractivity contribution in [2.24, 2.45) is 17.3 Å². The van der Waals surface area contributed by atoms with Gasteiger partial charge >= 0.3 is 0 Å². The lowest BCUT2D eigenvalue weighted by atomic mass is 9.46. The molecule has 34 heavy (non-hydrogen) atoms. The van der Waals surface area contributed by atoms with E-state index in [1.54, 1.807) is 17.2 Å². The highest BCUT2D eigenvalue weighted by atomic mass is 35.5. The number of hydrogen-bond acceptors (Lipinski definition) is 5. The van der Waals surface area contributed by atoms with E-state index in [4.69, 9.17) is 16.3 Å². The van der Waals surface area contributed by atoms with E-state index in [1.807, 2.05) is 23.0 Å². The molecular formula is C25H29ClN6O2. The topological polar surface area (TPSA) is 86.9 Å². The highest BCUT2D eigenvalue weighted by molar-refractivity contribution is 6.28. The van der Waals surface area contributed by atoms with Gasteiger partial charge in [0.05, 0.1) is 29.0 Å². The van der Waals surface area contributed by atoms with Crippen LogP contribution in [0.25, 0.3) is 0 Å². The minimum atomic E-state index is -0.387. The van der Waals surface area contributed by atoms with Gasteiger partial charge in [0, 0.05) is 0 Å². The van der Waals surface area contributed by atoms with Gasteiger partial charge in [0.25, 0.3) is 0 Å². The first-order valence-electron chi connectivity index (χ1n) is 12.1. The summed E-state index contributed by atoms with van der Waals surface area (Å²) in [6.07, 6.45) is 12.2. The van der Waals surface area contributed by atoms with E-state index in [1.165, 1.54) is 12.0 Å². The number of aromatic nitrogens is 5. The van der Waals surface area contributed by atoms with Crippen LogP contribution in [0.4, 0.5) is 5.69 Å². The molecule has 0 saturated heterocycles. The Hall–Kier alpha value is -2.87. The minimum absolute atomic E-state index is 0.0906. The van der Waals surface area contributed by atoms with Crippen LogP contribution in [0.3, 0.4) is 0 Å². The fraction of sp³-hybridized carbons (Fsp3) is 0.520. The molecule has 9 heteroatoms. The van der Waals surface area contributed by atoms with E-state index in [-0.39, 0.29) is 28.9 Å². The van der Waals surface area contributed by atoms with Gasteiger partial charge < -0.3 is 10.1 Å². The normalized spacial score (nSPS) is 29.4. The van der Waals surface area contributed by atoms with Crippen molar-refractivity contribution in [2.75, 3.05) is 5.32 Å². The molecule has 8 nitrogen and oxygen atoms in total. The fourth-order valence-corrected chi connectivity index (χ4v) is 7.07. The highest BCUT2D eigenvalue weighted by Crippen LogP contribution is 2.64. The van der Waals surface area contributed by atoms with E-state index < -0.39 is 0 Å². The smallest absolute Gasteiger partial charge is 0.242 e. The number of aryl methyl sites for hydroxylation is 1. The zero-order chi connectivity index (χ0) is 23.3. The first-order chi connectivity index (χ1) is 16.5. The van der Waals surface area contributed by atoms with Crippen LogP contribution >= 0.6 is 11.6 Å². The molecule has 0 aliphatic heterocycles. The molecule has 1 aromatic carbocycles. The Kier molecular flexibility index (Phi) is 5.17. The van der Waals surface area contributed by atoms with E-state index >= 15 is 0 Å². The number of halogens is 1. The molecule has 178 valence electrons. The summed E-state index contributed by atoms with van der Waals surface area (Å²) in [6.45, 7) is 2.41. The van der Waals surface area contributed by atoms with Crippen molar-refractivity contribution in [1.29, 1.82) is 0 Å². The average molecular weight is 481 g/mol. The minimum Gasteiger partial charge on any atom is -0.471 e. The van der Waals surface area contributed by atoms with Gasteiger partial charge in [-0.3, -0.25) is 4.79 Å².